The van der Waals surface area contributed by atoms with Gasteiger partial charge in [0.05, 0.1) is 17.2 Å². The van der Waals surface area contributed by atoms with Crippen molar-refractivity contribution in [3.8, 4) is 0 Å². The average Bonchev–Trinajstić information content (AvgIpc) is 3.49. The number of amides is 1. The van der Waals surface area contributed by atoms with Gasteiger partial charge in [0, 0.05) is 11.6 Å². The summed E-state index contributed by atoms with van der Waals surface area (Å²) in [6.07, 6.45) is 1.50. The van der Waals surface area contributed by atoms with E-state index < -0.39 is 23.7 Å². The lowest BCUT2D eigenvalue weighted by molar-refractivity contribution is -0.118. The Balaban J connectivity index is 1.89. The van der Waals surface area contributed by atoms with E-state index in [1.165, 1.54) is 17.0 Å². The van der Waals surface area contributed by atoms with Crippen molar-refractivity contribution in [1.29, 1.82) is 0 Å². The Morgan fingerprint density at radius 1 is 1.07 bits per heavy atom. The van der Waals surface area contributed by atoms with Crippen molar-refractivity contribution in [3.63, 3.8) is 0 Å². The van der Waals surface area contributed by atoms with Crippen LogP contribution in [0.15, 0.2) is 59.9 Å². The summed E-state index contributed by atoms with van der Waals surface area (Å²) in [5.41, 5.74) is 2.04. The van der Waals surface area contributed by atoms with E-state index in [0.717, 1.165) is 24.0 Å². The van der Waals surface area contributed by atoms with Crippen molar-refractivity contribution in [2.45, 2.75) is 25.8 Å². The van der Waals surface area contributed by atoms with Crippen LogP contribution < -0.4 is 4.90 Å². The van der Waals surface area contributed by atoms with Crippen LogP contribution in [0.4, 0.5) is 5.69 Å². The highest BCUT2D eigenvalue weighted by atomic mass is 16.4. The Morgan fingerprint density at radius 3 is 2.43 bits per heavy atom. The summed E-state index contributed by atoms with van der Waals surface area (Å²) in [5, 5.41) is 19.9. The van der Waals surface area contributed by atoms with E-state index in [-0.39, 0.29) is 22.8 Å². The number of carbonyl (C=O) groups excluding carboxylic acids is 2. The third kappa shape index (κ3) is 2.87. The van der Waals surface area contributed by atoms with Crippen LogP contribution in [0.2, 0.25) is 0 Å². The molecular weight excluding hydrogens is 358 g/mol. The second kappa shape index (κ2) is 6.64. The lowest BCUT2D eigenvalue weighted by atomic mass is 9.91. The molecule has 2 aromatic rings. The first-order chi connectivity index (χ1) is 13.4. The number of rotatable bonds is 5. The summed E-state index contributed by atoms with van der Waals surface area (Å²) >= 11 is 0. The van der Waals surface area contributed by atoms with E-state index in [4.69, 9.17) is 0 Å². The summed E-state index contributed by atoms with van der Waals surface area (Å²) in [6.45, 7) is 1.88. The number of aliphatic hydroxyl groups excluding tert-OH is 1. The van der Waals surface area contributed by atoms with Crippen molar-refractivity contribution in [1.82, 2.24) is 0 Å². The van der Waals surface area contributed by atoms with Crippen molar-refractivity contribution in [2.75, 3.05) is 4.90 Å². The highest BCUT2D eigenvalue weighted by Crippen LogP contribution is 2.45. The van der Waals surface area contributed by atoms with Crippen molar-refractivity contribution in [3.05, 3.63) is 76.6 Å². The molecule has 1 saturated carbocycles. The minimum Gasteiger partial charge on any atom is -0.503 e. The fourth-order valence-electron chi connectivity index (χ4n) is 3.67. The lowest BCUT2D eigenvalue weighted by Gasteiger charge is -2.28. The number of anilines is 1. The first-order valence-electron chi connectivity index (χ1n) is 9.10. The molecule has 142 valence electrons. The molecule has 1 aliphatic heterocycles. The van der Waals surface area contributed by atoms with Gasteiger partial charge in [-0.25, -0.2) is 4.79 Å². The predicted molar refractivity (Wildman–Crippen MR) is 102 cm³/mol. The van der Waals surface area contributed by atoms with Gasteiger partial charge in [0.2, 0.25) is 0 Å². The molecular formula is C22H19NO5. The van der Waals surface area contributed by atoms with Crippen LogP contribution >= 0.6 is 0 Å². The SMILES string of the molecule is Cc1ccccc1C1C(C(=O)C2CC2)=C(O)C(=O)N1c1cccc(C(=O)O)c1. The molecule has 0 saturated heterocycles. The molecule has 6 heteroatoms. The minimum atomic E-state index is -1.12. The molecule has 2 aromatic carbocycles. The number of carboxylic acids is 1. The highest BCUT2D eigenvalue weighted by molar-refractivity contribution is 6.17. The Morgan fingerprint density at radius 2 is 1.79 bits per heavy atom. The monoisotopic (exact) mass is 377 g/mol. The Labute approximate surface area is 161 Å². The second-order valence-corrected chi connectivity index (χ2v) is 7.19. The van der Waals surface area contributed by atoms with Crippen LogP contribution in [0.3, 0.4) is 0 Å². The maximum atomic E-state index is 13.0. The molecule has 0 bridgehead atoms. The maximum Gasteiger partial charge on any atom is 0.335 e. The molecule has 1 atom stereocenters. The summed E-state index contributed by atoms with van der Waals surface area (Å²) in [7, 11) is 0. The molecule has 0 radical (unpaired) electrons. The molecule has 0 spiro atoms. The predicted octanol–water partition coefficient (Wildman–Crippen LogP) is 3.57. The van der Waals surface area contributed by atoms with Gasteiger partial charge in [0.25, 0.3) is 5.91 Å². The van der Waals surface area contributed by atoms with Gasteiger partial charge in [-0.2, -0.15) is 0 Å². The summed E-state index contributed by atoms with van der Waals surface area (Å²) < 4.78 is 0. The molecule has 1 heterocycles. The van der Waals surface area contributed by atoms with E-state index in [0.29, 0.717) is 5.69 Å². The number of carbonyl (C=O) groups is 3. The molecule has 1 fully saturated rings. The van der Waals surface area contributed by atoms with Gasteiger partial charge < -0.3 is 10.2 Å². The fourth-order valence-corrected chi connectivity index (χ4v) is 3.67. The third-order valence-corrected chi connectivity index (χ3v) is 5.28. The number of carboxylic acid groups (broad SMARTS) is 1. The fraction of sp³-hybridized carbons (Fsp3) is 0.227. The van der Waals surface area contributed by atoms with E-state index >= 15 is 0 Å². The zero-order chi connectivity index (χ0) is 20.0. The first kappa shape index (κ1) is 18.0. The quantitative estimate of drug-likeness (QED) is 0.831. The van der Waals surface area contributed by atoms with Gasteiger partial charge in [-0.3, -0.25) is 14.5 Å². The number of benzene rings is 2. The van der Waals surface area contributed by atoms with E-state index in [2.05, 4.69) is 0 Å². The van der Waals surface area contributed by atoms with Gasteiger partial charge in [-0.1, -0.05) is 30.3 Å². The van der Waals surface area contributed by atoms with E-state index in [1.807, 2.05) is 31.2 Å². The Kier molecular flexibility index (Phi) is 4.26. The summed E-state index contributed by atoms with van der Waals surface area (Å²) in [4.78, 5) is 38.6. The Hall–Kier alpha value is -3.41. The normalized spacial score (nSPS) is 19.2. The number of Topliss-reactive ketones (excluding diaryl/α,β-unsaturated/α-hetero) is 1. The standard InChI is InChI=1S/C22H19NO5/c1-12-5-2-3-8-16(12)18-17(19(24)13-9-10-13)20(25)21(26)23(18)15-7-4-6-14(11-15)22(27)28/h2-8,11,13,18,25H,9-10H2,1H3,(H,27,28). The van der Waals surface area contributed by atoms with Crippen LogP contribution in [0.25, 0.3) is 0 Å². The van der Waals surface area contributed by atoms with Crippen LogP contribution in [0, 0.1) is 12.8 Å². The van der Waals surface area contributed by atoms with Crippen LogP contribution in [-0.2, 0) is 9.59 Å². The minimum absolute atomic E-state index is 0.0234. The van der Waals surface area contributed by atoms with Crippen molar-refractivity contribution in [2.24, 2.45) is 5.92 Å². The zero-order valence-corrected chi connectivity index (χ0v) is 15.3. The smallest absolute Gasteiger partial charge is 0.335 e. The van der Waals surface area contributed by atoms with Crippen molar-refractivity contribution < 1.29 is 24.6 Å². The van der Waals surface area contributed by atoms with Gasteiger partial charge >= 0.3 is 5.97 Å². The number of aromatic carboxylic acids is 1. The van der Waals surface area contributed by atoms with E-state index in [1.54, 1.807) is 12.1 Å². The lowest BCUT2D eigenvalue weighted by Crippen LogP contribution is -2.31. The van der Waals surface area contributed by atoms with Crippen molar-refractivity contribution >= 4 is 23.3 Å². The number of aryl methyl sites for hydroxylation is 1. The number of ketones is 1. The molecule has 0 aromatic heterocycles. The average molecular weight is 377 g/mol. The first-order valence-corrected chi connectivity index (χ1v) is 9.10. The van der Waals surface area contributed by atoms with Crippen LogP contribution in [0.1, 0.15) is 40.4 Å². The number of hydrogen-bond donors (Lipinski definition) is 2. The highest BCUT2D eigenvalue weighted by Gasteiger charge is 2.48. The summed E-state index contributed by atoms with van der Waals surface area (Å²) in [5.74, 6) is -2.74. The summed E-state index contributed by atoms with van der Waals surface area (Å²) in [6, 6.07) is 12.5. The molecule has 4 rings (SSSR count). The molecule has 1 unspecified atom stereocenters. The third-order valence-electron chi connectivity index (χ3n) is 5.28. The number of aliphatic hydroxyl groups is 1. The van der Waals surface area contributed by atoms with Gasteiger partial charge in [0.1, 0.15) is 0 Å². The molecule has 6 nitrogen and oxygen atoms in total. The van der Waals surface area contributed by atoms with Crippen LogP contribution in [-0.4, -0.2) is 27.9 Å². The number of nitrogens with zero attached hydrogens (tertiary/aromatic N) is 1. The second-order valence-electron chi connectivity index (χ2n) is 7.19. The van der Waals surface area contributed by atoms with Gasteiger partial charge in [0.15, 0.2) is 11.5 Å². The molecule has 28 heavy (non-hydrogen) atoms. The number of hydrogen-bond acceptors (Lipinski definition) is 4. The Bertz CT molecular complexity index is 1030. The molecule has 1 aliphatic carbocycles. The van der Waals surface area contributed by atoms with Gasteiger partial charge in [-0.05, 0) is 49.1 Å². The molecule has 2 aliphatic rings. The zero-order valence-electron chi connectivity index (χ0n) is 15.3. The van der Waals surface area contributed by atoms with Crippen LogP contribution in [0.5, 0.6) is 0 Å². The van der Waals surface area contributed by atoms with E-state index in [9.17, 15) is 24.6 Å². The molecule has 2 N–H and O–H groups in total. The topological polar surface area (TPSA) is 94.9 Å². The molecule has 1 amide bonds. The maximum absolute atomic E-state index is 13.0. The van der Waals surface area contributed by atoms with Gasteiger partial charge in [-0.15, -0.1) is 0 Å². The largest absolute Gasteiger partial charge is 0.503 e.